The predicted octanol–water partition coefficient (Wildman–Crippen LogP) is 23.5. The van der Waals surface area contributed by atoms with Gasteiger partial charge in [-0.2, -0.15) is 0 Å². The molecule has 0 aliphatic heterocycles. The van der Waals surface area contributed by atoms with Gasteiger partial charge in [-0.05, 0) is 77.0 Å². The van der Waals surface area contributed by atoms with Crippen LogP contribution in [0.1, 0.15) is 373 Å². The van der Waals surface area contributed by atoms with Crippen molar-refractivity contribution in [1.82, 2.24) is 0 Å². The fraction of sp³-hybridized carbons (Fsp3) is 0.859. The monoisotopic (exact) mass is 1070 g/mol. The molecule has 0 bridgehead atoms. The summed E-state index contributed by atoms with van der Waals surface area (Å²) in [6.45, 7) is 4.16. The number of rotatable bonds is 64. The minimum atomic E-state index is -0.779. The van der Waals surface area contributed by atoms with Gasteiger partial charge in [-0.15, -0.1) is 0 Å². The quantitative estimate of drug-likeness (QED) is 0.0373. The molecule has 0 amide bonds. The summed E-state index contributed by atoms with van der Waals surface area (Å²) in [5.41, 5.74) is 0. The van der Waals surface area contributed by atoms with Crippen LogP contribution in [-0.2, 0) is 19.1 Å². The Bertz CT molecular complexity index is 1250. The van der Waals surface area contributed by atoms with Crippen LogP contribution in [-0.4, -0.2) is 36.4 Å². The second kappa shape index (κ2) is 67.1. The minimum Gasteiger partial charge on any atom is -0.462 e. The van der Waals surface area contributed by atoms with Crippen molar-refractivity contribution >= 4 is 11.9 Å². The molecule has 0 spiro atoms. The van der Waals surface area contributed by atoms with Gasteiger partial charge in [0.1, 0.15) is 6.61 Å². The fourth-order valence-corrected chi connectivity index (χ4v) is 10.4. The summed E-state index contributed by atoms with van der Waals surface area (Å²) in [4.78, 5) is 24.6. The van der Waals surface area contributed by atoms with E-state index in [1.807, 2.05) is 0 Å². The van der Waals surface area contributed by atoms with Crippen LogP contribution in [0.3, 0.4) is 0 Å². The molecule has 1 unspecified atom stereocenters. The number of unbranched alkanes of at least 4 members (excludes halogenated alkanes) is 48. The van der Waals surface area contributed by atoms with Crippen molar-refractivity contribution in [3.63, 3.8) is 0 Å². The highest BCUT2D eigenvalue weighted by Gasteiger charge is 2.16. The summed E-state index contributed by atoms with van der Waals surface area (Å²) in [7, 11) is 0. The normalized spacial score (nSPS) is 12.4. The number of aliphatic hydroxyl groups excluding tert-OH is 1. The van der Waals surface area contributed by atoms with Gasteiger partial charge in [-0.1, -0.05) is 332 Å². The molecule has 0 aromatic heterocycles. The van der Waals surface area contributed by atoms with Gasteiger partial charge in [0.2, 0.25) is 0 Å². The van der Waals surface area contributed by atoms with Crippen molar-refractivity contribution in [2.75, 3.05) is 13.2 Å². The summed E-state index contributed by atoms with van der Waals surface area (Å²) < 4.78 is 10.7. The summed E-state index contributed by atoms with van der Waals surface area (Å²) >= 11 is 0. The molecule has 0 saturated carbocycles. The summed E-state index contributed by atoms with van der Waals surface area (Å²) in [6, 6.07) is 0. The Hall–Kier alpha value is -2.14. The highest BCUT2D eigenvalue weighted by Crippen LogP contribution is 2.18. The van der Waals surface area contributed by atoms with Crippen LogP contribution in [0.4, 0.5) is 0 Å². The molecule has 5 nitrogen and oxygen atoms in total. The van der Waals surface area contributed by atoms with E-state index in [2.05, 4.69) is 62.5 Å². The number of carbonyl (C=O) groups excluding carboxylic acids is 2. The topological polar surface area (TPSA) is 72.8 Å². The van der Waals surface area contributed by atoms with Gasteiger partial charge in [0.05, 0.1) is 6.61 Å². The molecule has 0 aliphatic rings. The van der Waals surface area contributed by atoms with E-state index in [1.165, 1.54) is 289 Å². The molecule has 5 heteroatoms. The zero-order valence-corrected chi connectivity index (χ0v) is 51.3. The molecular weight excluding hydrogens is 933 g/mol. The third-order valence-corrected chi connectivity index (χ3v) is 15.6. The summed E-state index contributed by atoms with van der Waals surface area (Å²) in [5.74, 6) is -0.589. The average Bonchev–Trinajstić information content (AvgIpc) is 3.42. The fourth-order valence-electron chi connectivity index (χ4n) is 10.4. The lowest BCUT2D eigenvalue weighted by Gasteiger charge is -2.15. The van der Waals surface area contributed by atoms with E-state index in [1.54, 1.807) is 0 Å². The molecule has 0 aliphatic carbocycles. The highest BCUT2D eigenvalue weighted by atomic mass is 16.6. The number of hydrogen-bond acceptors (Lipinski definition) is 5. The second-order valence-corrected chi connectivity index (χ2v) is 23.3. The Morgan fingerprint density at radius 3 is 0.803 bits per heavy atom. The van der Waals surface area contributed by atoms with Crippen molar-refractivity contribution < 1.29 is 24.2 Å². The molecule has 1 N–H and O–H groups in total. The van der Waals surface area contributed by atoms with Crippen LogP contribution in [0.25, 0.3) is 0 Å². The van der Waals surface area contributed by atoms with Crippen molar-refractivity contribution in [1.29, 1.82) is 0 Å². The van der Waals surface area contributed by atoms with E-state index >= 15 is 0 Å². The Morgan fingerprint density at radius 2 is 0.526 bits per heavy atom. The van der Waals surface area contributed by atoms with Crippen LogP contribution in [0.2, 0.25) is 0 Å². The van der Waals surface area contributed by atoms with Gasteiger partial charge in [0, 0.05) is 12.8 Å². The van der Waals surface area contributed by atoms with Crippen molar-refractivity contribution in [3.05, 3.63) is 48.6 Å². The van der Waals surface area contributed by atoms with Crippen LogP contribution < -0.4 is 0 Å². The van der Waals surface area contributed by atoms with Crippen LogP contribution >= 0.6 is 0 Å². The first-order chi connectivity index (χ1) is 37.6. The number of esters is 2. The molecule has 0 aromatic carbocycles. The largest absolute Gasteiger partial charge is 0.462 e. The third-order valence-electron chi connectivity index (χ3n) is 15.6. The van der Waals surface area contributed by atoms with Crippen LogP contribution in [0.15, 0.2) is 48.6 Å². The van der Waals surface area contributed by atoms with Gasteiger partial charge < -0.3 is 14.6 Å². The van der Waals surface area contributed by atoms with Crippen LogP contribution in [0.5, 0.6) is 0 Å². The molecule has 0 saturated heterocycles. The first-order valence-corrected chi connectivity index (χ1v) is 34.2. The average molecular weight is 1070 g/mol. The molecule has 0 radical (unpaired) electrons. The lowest BCUT2D eigenvalue weighted by atomic mass is 10.0. The van der Waals surface area contributed by atoms with Gasteiger partial charge >= 0.3 is 11.9 Å². The number of ether oxygens (including phenoxy) is 2. The lowest BCUT2D eigenvalue weighted by molar-refractivity contribution is -0.161. The van der Waals surface area contributed by atoms with Crippen molar-refractivity contribution in [2.24, 2.45) is 0 Å². The smallest absolute Gasteiger partial charge is 0.306 e. The molecule has 76 heavy (non-hydrogen) atoms. The lowest BCUT2D eigenvalue weighted by Crippen LogP contribution is -2.28. The standard InChI is InChI=1S/C71H132O5/c1-3-5-7-9-11-13-15-17-19-21-23-25-26-27-28-29-30-31-32-33-34-35-36-37-38-39-40-41-42-43-44-46-47-49-51-53-55-57-59-61-63-65-70(73)75-68-69(67-72)76-71(74)66-64-62-60-58-56-54-52-50-48-45-24-22-20-18-16-14-12-10-8-6-4-2/h16,18,21-24,48,50,69,72H,3-15,17,19-20,25-47,49,51-68H2,1-2H3/b18-16-,23-21-,24-22-,50-48-. The van der Waals surface area contributed by atoms with E-state index in [-0.39, 0.29) is 25.2 Å². The molecule has 446 valence electrons. The molecule has 0 heterocycles. The first kappa shape index (κ1) is 73.9. The Kier molecular flexibility index (Phi) is 65.2. The highest BCUT2D eigenvalue weighted by molar-refractivity contribution is 5.70. The maximum atomic E-state index is 12.3. The Labute approximate surface area is 475 Å². The first-order valence-electron chi connectivity index (χ1n) is 34.2. The predicted molar refractivity (Wildman–Crippen MR) is 334 cm³/mol. The number of allylic oxidation sites excluding steroid dienone is 8. The second-order valence-electron chi connectivity index (χ2n) is 23.3. The van der Waals surface area contributed by atoms with E-state index in [0.717, 1.165) is 57.8 Å². The third kappa shape index (κ3) is 64.4. The summed E-state index contributed by atoms with van der Waals surface area (Å²) in [5, 5.41) is 9.67. The van der Waals surface area contributed by atoms with Gasteiger partial charge in [-0.25, -0.2) is 0 Å². The molecule has 0 rings (SSSR count). The van der Waals surface area contributed by atoms with Crippen molar-refractivity contribution in [2.45, 2.75) is 380 Å². The van der Waals surface area contributed by atoms with Gasteiger partial charge in [0.25, 0.3) is 0 Å². The number of hydrogen-bond donors (Lipinski definition) is 1. The molecule has 0 aromatic rings. The Balaban J connectivity index is 3.38. The van der Waals surface area contributed by atoms with E-state index < -0.39 is 6.10 Å². The minimum absolute atomic E-state index is 0.0680. The van der Waals surface area contributed by atoms with E-state index in [4.69, 9.17) is 9.47 Å². The zero-order chi connectivity index (χ0) is 54.8. The number of carbonyl (C=O) groups is 2. The SMILES string of the molecule is CCCCCCC/C=C\C/C=C\C/C=C\CCCCCCCCC(=O)OC(CO)COC(=O)CCCCCCCCCCCCCCCCCCCCCCCCCCCCCCC/C=C\CCCCCCCCCC. The van der Waals surface area contributed by atoms with Crippen molar-refractivity contribution in [3.8, 4) is 0 Å². The molecule has 1 atom stereocenters. The van der Waals surface area contributed by atoms with Gasteiger partial charge in [-0.3, -0.25) is 9.59 Å². The zero-order valence-electron chi connectivity index (χ0n) is 51.3. The maximum Gasteiger partial charge on any atom is 0.306 e. The summed E-state index contributed by atoms with van der Waals surface area (Å²) in [6.07, 6.45) is 90.1. The molecule has 0 fully saturated rings. The Morgan fingerprint density at radius 1 is 0.303 bits per heavy atom. The van der Waals surface area contributed by atoms with Gasteiger partial charge in [0.15, 0.2) is 6.10 Å². The number of aliphatic hydroxyl groups is 1. The van der Waals surface area contributed by atoms with E-state index in [0.29, 0.717) is 12.8 Å². The van der Waals surface area contributed by atoms with Crippen LogP contribution in [0, 0.1) is 0 Å². The van der Waals surface area contributed by atoms with E-state index in [9.17, 15) is 14.7 Å². The maximum absolute atomic E-state index is 12.3. The molecular formula is C71H132O5.